The Labute approximate surface area is 107 Å². The number of halogens is 3. The Hall–Kier alpha value is -1.57. The zero-order valence-corrected chi connectivity index (χ0v) is 10.2. The van der Waals surface area contributed by atoms with Gasteiger partial charge < -0.3 is 14.0 Å². The number of carbonyl (C=O) groups is 1. The first kappa shape index (κ1) is 13.9. The smallest absolute Gasteiger partial charge is 0.435 e. The number of hydrogen-bond acceptors (Lipinski definition) is 4. The van der Waals surface area contributed by atoms with E-state index in [4.69, 9.17) is 4.74 Å². The number of hydrogen-bond donors (Lipinski definition) is 0. The summed E-state index contributed by atoms with van der Waals surface area (Å²) in [5.74, 6) is -1.02. The van der Waals surface area contributed by atoms with Gasteiger partial charge in [-0.2, -0.15) is 13.2 Å². The Balaban J connectivity index is 2.31. The van der Waals surface area contributed by atoms with Crippen LogP contribution in [-0.2, 0) is 22.2 Å². The molecule has 2 rings (SSSR count). The molecule has 0 bridgehead atoms. The number of nitrogens with zero attached hydrogens (tertiary/aromatic N) is 2. The predicted octanol–water partition coefficient (Wildman–Crippen LogP) is 1.87. The number of rotatable bonds is 4. The monoisotopic (exact) mass is 278 g/mol. The summed E-state index contributed by atoms with van der Waals surface area (Å²) in [4.78, 5) is 14.9. The summed E-state index contributed by atoms with van der Waals surface area (Å²) in [6.45, 7) is 2.28. The van der Waals surface area contributed by atoms with Crippen molar-refractivity contribution in [1.29, 1.82) is 0 Å². The minimum atomic E-state index is -4.69. The van der Waals surface area contributed by atoms with E-state index >= 15 is 0 Å². The molecule has 0 radical (unpaired) electrons. The third-order valence-corrected chi connectivity index (χ3v) is 2.77. The molecular weight excluding hydrogens is 265 g/mol. The topological polar surface area (TPSA) is 53.3 Å². The standard InChI is InChI=1S/C11H13F3N2O3/c1-2-18-10(17)8-9(11(12,13)14)15-6-16(8)5-7-3-4-19-7/h6-7H,2-5H2,1H3/t7-/m0/s1. The molecule has 0 spiro atoms. The summed E-state index contributed by atoms with van der Waals surface area (Å²) in [7, 11) is 0. The maximum Gasteiger partial charge on any atom is 0.435 e. The molecule has 1 aromatic heterocycles. The van der Waals surface area contributed by atoms with Crippen LogP contribution in [0.1, 0.15) is 29.5 Å². The van der Waals surface area contributed by atoms with E-state index in [-0.39, 0.29) is 19.3 Å². The van der Waals surface area contributed by atoms with E-state index in [1.54, 1.807) is 0 Å². The van der Waals surface area contributed by atoms with E-state index in [0.29, 0.717) is 6.61 Å². The van der Waals surface area contributed by atoms with E-state index < -0.39 is 23.5 Å². The number of aromatic nitrogens is 2. The molecule has 0 aromatic carbocycles. The van der Waals surface area contributed by atoms with E-state index in [1.807, 2.05) is 0 Å². The molecule has 1 aliphatic rings. The van der Waals surface area contributed by atoms with Gasteiger partial charge in [-0.05, 0) is 13.3 Å². The molecule has 0 saturated carbocycles. The Morgan fingerprint density at radius 1 is 1.63 bits per heavy atom. The highest BCUT2D eigenvalue weighted by Gasteiger charge is 2.40. The molecule has 1 fully saturated rings. The molecule has 0 unspecified atom stereocenters. The lowest BCUT2D eigenvalue weighted by molar-refractivity contribution is -0.141. The van der Waals surface area contributed by atoms with Crippen molar-refractivity contribution in [2.75, 3.05) is 13.2 Å². The molecule has 19 heavy (non-hydrogen) atoms. The molecule has 1 atom stereocenters. The van der Waals surface area contributed by atoms with E-state index in [9.17, 15) is 18.0 Å². The van der Waals surface area contributed by atoms with Crippen LogP contribution in [0.25, 0.3) is 0 Å². The summed E-state index contributed by atoms with van der Waals surface area (Å²) >= 11 is 0. The Bertz CT molecular complexity index is 466. The van der Waals surface area contributed by atoms with Gasteiger partial charge in [0, 0.05) is 6.61 Å². The summed E-state index contributed by atoms with van der Waals surface area (Å²) < 4.78 is 49.3. The van der Waals surface area contributed by atoms with Crippen LogP contribution in [0.2, 0.25) is 0 Å². The molecule has 1 aliphatic heterocycles. The van der Waals surface area contributed by atoms with Crippen LogP contribution in [0.3, 0.4) is 0 Å². The zero-order valence-electron chi connectivity index (χ0n) is 10.2. The first-order valence-corrected chi connectivity index (χ1v) is 5.84. The molecule has 1 aromatic rings. The van der Waals surface area contributed by atoms with Gasteiger partial charge in [-0.3, -0.25) is 0 Å². The van der Waals surface area contributed by atoms with E-state index in [1.165, 1.54) is 6.92 Å². The van der Waals surface area contributed by atoms with Crippen molar-refractivity contribution in [3.05, 3.63) is 17.7 Å². The van der Waals surface area contributed by atoms with Crippen LogP contribution < -0.4 is 0 Å². The van der Waals surface area contributed by atoms with Gasteiger partial charge in [-0.15, -0.1) is 0 Å². The molecule has 1 saturated heterocycles. The lowest BCUT2D eigenvalue weighted by Crippen LogP contribution is -2.32. The number of ether oxygens (including phenoxy) is 2. The quantitative estimate of drug-likeness (QED) is 0.789. The second-order valence-electron chi connectivity index (χ2n) is 4.09. The SMILES string of the molecule is CCOC(=O)c1c(C(F)(F)F)ncn1C[C@@H]1CCO1. The van der Waals surface area contributed by atoms with Crippen LogP contribution in [0.5, 0.6) is 0 Å². The molecule has 0 amide bonds. The van der Waals surface area contributed by atoms with Crippen LogP contribution in [-0.4, -0.2) is 34.8 Å². The van der Waals surface area contributed by atoms with E-state index in [0.717, 1.165) is 17.3 Å². The molecule has 8 heteroatoms. The number of imidazole rings is 1. The van der Waals surface area contributed by atoms with E-state index in [2.05, 4.69) is 9.72 Å². The van der Waals surface area contributed by atoms with Gasteiger partial charge in [0.2, 0.25) is 0 Å². The van der Waals surface area contributed by atoms with Gasteiger partial charge in [-0.25, -0.2) is 9.78 Å². The highest BCUT2D eigenvalue weighted by atomic mass is 19.4. The Kier molecular flexibility index (Phi) is 3.79. The third-order valence-electron chi connectivity index (χ3n) is 2.77. The second-order valence-corrected chi connectivity index (χ2v) is 4.09. The lowest BCUT2D eigenvalue weighted by Gasteiger charge is -2.27. The van der Waals surface area contributed by atoms with Crippen molar-refractivity contribution in [2.45, 2.75) is 32.2 Å². The van der Waals surface area contributed by atoms with Crippen molar-refractivity contribution < 1.29 is 27.4 Å². The van der Waals surface area contributed by atoms with Crippen molar-refractivity contribution in [3.63, 3.8) is 0 Å². The van der Waals surface area contributed by atoms with Crippen LogP contribution in [0.4, 0.5) is 13.2 Å². The highest BCUT2D eigenvalue weighted by Crippen LogP contribution is 2.31. The molecular formula is C11H13F3N2O3. The maximum atomic E-state index is 12.8. The minimum Gasteiger partial charge on any atom is -0.461 e. The maximum absolute atomic E-state index is 12.8. The average Bonchev–Trinajstić information content (AvgIpc) is 2.67. The number of alkyl halides is 3. The fourth-order valence-corrected chi connectivity index (χ4v) is 1.79. The first-order valence-electron chi connectivity index (χ1n) is 5.84. The van der Waals surface area contributed by atoms with Gasteiger partial charge in [-0.1, -0.05) is 0 Å². The van der Waals surface area contributed by atoms with Crippen LogP contribution in [0, 0.1) is 0 Å². The second kappa shape index (κ2) is 5.20. The Morgan fingerprint density at radius 2 is 2.32 bits per heavy atom. The number of carbonyl (C=O) groups excluding carboxylic acids is 1. The van der Waals surface area contributed by atoms with Gasteiger partial charge in [0.1, 0.15) is 0 Å². The third kappa shape index (κ3) is 2.89. The summed E-state index contributed by atoms with van der Waals surface area (Å²) in [5.41, 5.74) is -1.78. The van der Waals surface area contributed by atoms with Crippen LogP contribution in [0.15, 0.2) is 6.33 Å². The first-order chi connectivity index (χ1) is 8.93. The molecule has 0 aliphatic carbocycles. The number of esters is 1. The minimum absolute atomic E-state index is 0.00123. The highest BCUT2D eigenvalue weighted by molar-refractivity contribution is 5.89. The molecule has 0 N–H and O–H groups in total. The summed E-state index contributed by atoms with van der Waals surface area (Å²) in [5, 5.41) is 0. The largest absolute Gasteiger partial charge is 0.461 e. The fraction of sp³-hybridized carbons (Fsp3) is 0.636. The normalized spacial score (nSPS) is 19.1. The van der Waals surface area contributed by atoms with Crippen molar-refractivity contribution in [1.82, 2.24) is 9.55 Å². The predicted molar refractivity (Wildman–Crippen MR) is 57.5 cm³/mol. The van der Waals surface area contributed by atoms with Gasteiger partial charge in [0.05, 0.1) is 25.6 Å². The molecule has 106 valence electrons. The molecule has 2 heterocycles. The van der Waals surface area contributed by atoms with Crippen LogP contribution >= 0.6 is 0 Å². The van der Waals surface area contributed by atoms with Crippen molar-refractivity contribution in [3.8, 4) is 0 Å². The van der Waals surface area contributed by atoms with Crippen molar-refractivity contribution >= 4 is 5.97 Å². The average molecular weight is 278 g/mol. The summed E-state index contributed by atoms with van der Waals surface area (Å²) in [6, 6.07) is 0. The van der Waals surface area contributed by atoms with Gasteiger partial charge in [0.25, 0.3) is 0 Å². The zero-order chi connectivity index (χ0) is 14.0. The lowest BCUT2D eigenvalue weighted by atomic mass is 10.2. The Morgan fingerprint density at radius 3 is 2.79 bits per heavy atom. The fourth-order valence-electron chi connectivity index (χ4n) is 1.79. The van der Waals surface area contributed by atoms with Gasteiger partial charge >= 0.3 is 12.1 Å². The van der Waals surface area contributed by atoms with Gasteiger partial charge in [0.15, 0.2) is 11.4 Å². The summed E-state index contributed by atoms with van der Waals surface area (Å²) in [6.07, 6.45) is -3.12. The van der Waals surface area contributed by atoms with Crippen molar-refractivity contribution in [2.24, 2.45) is 0 Å². The molecule has 5 nitrogen and oxygen atoms in total.